The van der Waals surface area contributed by atoms with Crippen LogP contribution in [0.1, 0.15) is 26.3 Å². The van der Waals surface area contributed by atoms with E-state index in [4.69, 9.17) is 0 Å². The van der Waals surface area contributed by atoms with Crippen LogP contribution in [0.2, 0.25) is 0 Å². The van der Waals surface area contributed by atoms with Crippen molar-refractivity contribution < 1.29 is 9.59 Å². The molecular weight excluding hydrogens is 354 g/mol. The Morgan fingerprint density at radius 2 is 1.61 bits per heavy atom. The highest BCUT2D eigenvalue weighted by molar-refractivity contribution is 9.10. The van der Waals surface area contributed by atoms with Crippen LogP contribution in [-0.4, -0.2) is 11.8 Å². The lowest BCUT2D eigenvalue weighted by molar-refractivity contribution is 0.0893. The van der Waals surface area contributed by atoms with Gasteiger partial charge in [-0.1, -0.05) is 46.3 Å². The molecule has 3 aromatic rings. The van der Waals surface area contributed by atoms with Crippen molar-refractivity contribution >= 4 is 44.2 Å². The van der Waals surface area contributed by atoms with Gasteiger partial charge in [0.15, 0.2) is 0 Å². The van der Waals surface area contributed by atoms with E-state index in [2.05, 4.69) is 15.9 Å². The number of carbonyl (C=O) groups is 2. The van der Waals surface area contributed by atoms with Gasteiger partial charge in [0.05, 0.1) is 11.3 Å². The second kappa shape index (κ2) is 5.03. The van der Waals surface area contributed by atoms with Crippen molar-refractivity contribution in [2.45, 2.75) is 6.92 Å². The molecule has 4 rings (SSSR count). The van der Waals surface area contributed by atoms with E-state index in [0.717, 1.165) is 20.8 Å². The van der Waals surface area contributed by atoms with Crippen LogP contribution in [0.5, 0.6) is 0 Å². The summed E-state index contributed by atoms with van der Waals surface area (Å²) in [4.78, 5) is 27.2. The van der Waals surface area contributed by atoms with Crippen LogP contribution >= 0.6 is 15.9 Å². The Bertz CT molecular complexity index is 994. The summed E-state index contributed by atoms with van der Waals surface area (Å²) in [5, 5.41) is 1.62. The third-order valence-electron chi connectivity index (χ3n) is 4.16. The van der Waals surface area contributed by atoms with Gasteiger partial charge in [-0.25, -0.2) is 4.90 Å². The maximum absolute atomic E-state index is 13.0. The first-order chi connectivity index (χ1) is 11.1. The molecular formula is C19H12BrNO2. The Balaban J connectivity index is 2.04. The van der Waals surface area contributed by atoms with E-state index < -0.39 is 0 Å². The summed E-state index contributed by atoms with van der Waals surface area (Å²) in [5.41, 5.74) is 2.63. The van der Waals surface area contributed by atoms with Gasteiger partial charge in [0.25, 0.3) is 11.8 Å². The number of halogens is 1. The smallest absolute Gasteiger partial charge is 0.266 e. The van der Waals surface area contributed by atoms with Crippen molar-refractivity contribution in [3.63, 3.8) is 0 Å². The minimum absolute atomic E-state index is 0.273. The first-order valence-corrected chi connectivity index (χ1v) is 8.04. The molecule has 0 unspecified atom stereocenters. The van der Waals surface area contributed by atoms with Crippen molar-refractivity contribution in [1.82, 2.24) is 0 Å². The fourth-order valence-electron chi connectivity index (χ4n) is 3.10. The predicted octanol–water partition coefficient (Wildman–Crippen LogP) is 4.71. The number of carbonyl (C=O) groups excluding carboxylic acids is 2. The van der Waals surface area contributed by atoms with E-state index in [-0.39, 0.29) is 11.8 Å². The number of hydrogen-bond acceptors (Lipinski definition) is 2. The second-order valence-corrected chi connectivity index (χ2v) is 6.50. The Kier molecular flexibility index (Phi) is 3.10. The van der Waals surface area contributed by atoms with Crippen molar-refractivity contribution in [1.29, 1.82) is 0 Å². The minimum Gasteiger partial charge on any atom is -0.268 e. The molecule has 0 bridgehead atoms. The molecule has 23 heavy (non-hydrogen) atoms. The van der Waals surface area contributed by atoms with Crippen molar-refractivity contribution in [3.05, 3.63) is 75.8 Å². The van der Waals surface area contributed by atoms with Gasteiger partial charge in [-0.3, -0.25) is 9.59 Å². The van der Waals surface area contributed by atoms with Crippen molar-refractivity contribution in [3.8, 4) is 0 Å². The van der Waals surface area contributed by atoms with E-state index in [1.54, 1.807) is 18.2 Å². The molecule has 0 atom stereocenters. The van der Waals surface area contributed by atoms with Crippen LogP contribution < -0.4 is 4.90 Å². The Hall–Kier alpha value is -2.46. The topological polar surface area (TPSA) is 37.4 Å². The second-order valence-electron chi connectivity index (χ2n) is 5.59. The van der Waals surface area contributed by atoms with Gasteiger partial charge in [0.1, 0.15) is 0 Å². The van der Waals surface area contributed by atoms with E-state index in [0.29, 0.717) is 16.8 Å². The third kappa shape index (κ3) is 2.02. The molecule has 0 N–H and O–H groups in total. The summed E-state index contributed by atoms with van der Waals surface area (Å²) in [6.45, 7) is 1.90. The summed E-state index contributed by atoms with van der Waals surface area (Å²) in [7, 11) is 0. The van der Waals surface area contributed by atoms with Crippen molar-refractivity contribution in [2.75, 3.05) is 4.90 Å². The number of nitrogens with zero attached hydrogens (tertiary/aromatic N) is 1. The van der Waals surface area contributed by atoms with Gasteiger partial charge in [0.2, 0.25) is 0 Å². The molecule has 1 aliphatic rings. The van der Waals surface area contributed by atoms with Crippen LogP contribution in [0, 0.1) is 6.92 Å². The molecule has 0 spiro atoms. The number of imide groups is 1. The van der Waals surface area contributed by atoms with Crippen LogP contribution in [0.25, 0.3) is 10.8 Å². The molecule has 3 nitrogen and oxygen atoms in total. The fourth-order valence-corrected chi connectivity index (χ4v) is 3.58. The zero-order chi connectivity index (χ0) is 16.1. The van der Waals surface area contributed by atoms with Crippen LogP contribution in [0.4, 0.5) is 5.69 Å². The van der Waals surface area contributed by atoms with E-state index in [1.165, 1.54) is 4.90 Å². The summed E-state index contributed by atoms with van der Waals surface area (Å²) in [6, 6.07) is 16.7. The first-order valence-electron chi connectivity index (χ1n) is 7.24. The SMILES string of the molecule is Cc1ccccc1N1C(=O)c2cccc3cc(Br)cc(c23)C1=O. The highest BCUT2D eigenvalue weighted by Gasteiger charge is 2.34. The number of aryl methyl sites for hydroxylation is 1. The normalized spacial score (nSPS) is 13.7. The van der Waals surface area contributed by atoms with Gasteiger partial charge < -0.3 is 0 Å². The largest absolute Gasteiger partial charge is 0.268 e. The summed E-state index contributed by atoms with van der Waals surface area (Å²) in [5.74, 6) is -0.556. The van der Waals surface area contributed by atoms with E-state index >= 15 is 0 Å². The monoisotopic (exact) mass is 365 g/mol. The van der Waals surface area contributed by atoms with Gasteiger partial charge in [0, 0.05) is 15.4 Å². The Morgan fingerprint density at radius 1 is 0.870 bits per heavy atom. The van der Waals surface area contributed by atoms with Crippen molar-refractivity contribution in [2.24, 2.45) is 0 Å². The molecule has 4 heteroatoms. The van der Waals surface area contributed by atoms with E-state index in [9.17, 15) is 9.59 Å². The number of benzene rings is 3. The molecule has 112 valence electrons. The van der Waals surface area contributed by atoms with Crippen LogP contribution in [0.3, 0.4) is 0 Å². The number of hydrogen-bond donors (Lipinski definition) is 0. The van der Waals surface area contributed by atoms with Gasteiger partial charge in [-0.2, -0.15) is 0 Å². The third-order valence-corrected chi connectivity index (χ3v) is 4.62. The highest BCUT2D eigenvalue weighted by atomic mass is 79.9. The molecule has 0 fully saturated rings. The van der Waals surface area contributed by atoms with Gasteiger partial charge >= 0.3 is 0 Å². The molecule has 2 amide bonds. The lowest BCUT2D eigenvalue weighted by Gasteiger charge is -2.28. The molecule has 0 radical (unpaired) electrons. The molecule has 0 aromatic heterocycles. The maximum atomic E-state index is 13.0. The first kappa shape index (κ1) is 14.2. The molecule has 0 saturated heterocycles. The summed E-state index contributed by atoms with van der Waals surface area (Å²) >= 11 is 3.45. The maximum Gasteiger partial charge on any atom is 0.266 e. The standard InChI is InChI=1S/C19H12BrNO2/c1-11-5-2-3-8-16(11)21-18(22)14-7-4-6-12-9-13(20)10-15(17(12)14)19(21)23/h2-10H,1H3. The number of rotatable bonds is 1. The quantitative estimate of drug-likeness (QED) is 0.585. The molecule has 1 heterocycles. The molecule has 1 aliphatic heterocycles. The van der Waals surface area contributed by atoms with Crippen LogP contribution in [-0.2, 0) is 0 Å². The summed E-state index contributed by atoms with van der Waals surface area (Å²) in [6.07, 6.45) is 0. The highest BCUT2D eigenvalue weighted by Crippen LogP contribution is 2.35. The Morgan fingerprint density at radius 3 is 2.39 bits per heavy atom. The Labute approximate surface area is 141 Å². The zero-order valence-electron chi connectivity index (χ0n) is 12.3. The number of amides is 2. The fraction of sp³-hybridized carbons (Fsp3) is 0.0526. The summed E-state index contributed by atoms with van der Waals surface area (Å²) < 4.78 is 0.824. The number of para-hydroxylation sites is 1. The lowest BCUT2D eigenvalue weighted by Crippen LogP contribution is -2.40. The van der Waals surface area contributed by atoms with Gasteiger partial charge in [-0.15, -0.1) is 0 Å². The number of anilines is 1. The van der Waals surface area contributed by atoms with Gasteiger partial charge in [-0.05, 0) is 42.1 Å². The lowest BCUT2D eigenvalue weighted by atomic mass is 9.93. The zero-order valence-corrected chi connectivity index (χ0v) is 13.9. The minimum atomic E-state index is -0.283. The molecule has 0 aliphatic carbocycles. The average Bonchev–Trinajstić information content (AvgIpc) is 2.54. The predicted molar refractivity (Wildman–Crippen MR) is 94.0 cm³/mol. The average molecular weight is 366 g/mol. The van der Waals surface area contributed by atoms with E-state index in [1.807, 2.05) is 43.3 Å². The van der Waals surface area contributed by atoms with Crippen LogP contribution in [0.15, 0.2) is 59.1 Å². The molecule has 0 saturated carbocycles. The molecule has 3 aromatic carbocycles.